The summed E-state index contributed by atoms with van der Waals surface area (Å²) >= 11 is 0. The Bertz CT molecular complexity index is 1250. The fourth-order valence-corrected chi connectivity index (χ4v) is 3.93. The molecular weight excluding hydrogens is 396 g/mol. The van der Waals surface area contributed by atoms with Crippen molar-refractivity contribution in [1.29, 1.82) is 5.26 Å². The Balaban J connectivity index is 1.64. The lowest BCUT2D eigenvalue weighted by molar-refractivity contribution is 0.327. The summed E-state index contributed by atoms with van der Waals surface area (Å²) in [6.45, 7) is 7.69. The number of H-pyrrole nitrogens is 1. The van der Waals surface area contributed by atoms with Gasteiger partial charge in [-0.2, -0.15) is 10.4 Å². The van der Waals surface area contributed by atoms with E-state index in [1.54, 1.807) is 13.3 Å². The number of benzene rings is 2. The van der Waals surface area contributed by atoms with E-state index in [1.165, 1.54) is 5.56 Å². The fraction of sp³-hybridized carbons (Fsp3) is 0.192. The lowest BCUT2D eigenvalue weighted by Crippen LogP contribution is -2.30. The summed E-state index contributed by atoms with van der Waals surface area (Å²) in [6.07, 6.45) is 10.0. The molecule has 0 fully saturated rings. The Morgan fingerprint density at radius 3 is 2.81 bits per heavy atom. The van der Waals surface area contributed by atoms with E-state index in [4.69, 9.17) is 5.26 Å². The van der Waals surface area contributed by atoms with Gasteiger partial charge in [0, 0.05) is 43.3 Å². The molecule has 1 aliphatic rings. The normalized spacial score (nSPS) is 14.9. The number of nitrogens with zero attached hydrogens (tertiary/aromatic N) is 4. The maximum absolute atomic E-state index is 9.02. The molecule has 1 atom stereocenters. The number of allylic oxidation sites excluding steroid dienone is 4. The van der Waals surface area contributed by atoms with Gasteiger partial charge in [0.25, 0.3) is 0 Å². The van der Waals surface area contributed by atoms with Crippen LogP contribution in [0.25, 0.3) is 10.9 Å². The maximum atomic E-state index is 9.02. The molecule has 0 saturated heterocycles. The monoisotopic (exact) mass is 422 g/mol. The number of hydrogen-bond acceptors (Lipinski definition) is 5. The summed E-state index contributed by atoms with van der Waals surface area (Å²) in [5.74, 6) is 0.938. The molecule has 0 aliphatic carbocycles. The van der Waals surface area contributed by atoms with E-state index in [1.807, 2.05) is 43.3 Å². The molecule has 0 saturated carbocycles. The van der Waals surface area contributed by atoms with E-state index >= 15 is 0 Å². The highest BCUT2D eigenvalue weighted by molar-refractivity contribution is 5.88. The molecule has 6 nitrogen and oxygen atoms in total. The highest BCUT2D eigenvalue weighted by Crippen LogP contribution is 2.34. The second kappa shape index (κ2) is 9.36. The van der Waals surface area contributed by atoms with Crippen LogP contribution in [0.5, 0.6) is 0 Å². The van der Waals surface area contributed by atoms with Crippen LogP contribution in [0.15, 0.2) is 78.1 Å². The molecule has 0 amide bonds. The van der Waals surface area contributed by atoms with Gasteiger partial charge in [-0.25, -0.2) is 0 Å². The number of anilines is 1. The molecule has 0 spiro atoms. The zero-order valence-corrected chi connectivity index (χ0v) is 18.3. The van der Waals surface area contributed by atoms with E-state index < -0.39 is 0 Å². The first-order valence-corrected chi connectivity index (χ1v) is 10.6. The summed E-state index contributed by atoms with van der Waals surface area (Å²) in [6, 6.07) is 14.1. The van der Waals surface area contributed by atoms with Gasteiger partial charge < -0.3 is 10.2 Å². The lowest BCUT2D eigenvalue weighted by Gasteiger charge is -2.33. The summed E-state index contributed by atoms with van der Waals surface area (Å²) in [7, 11) is 1.76. The quantitative estimate of drug-likeness (QED) is 0.420. The van der Waals surface area contributed by atoms with E-state index in [0.29, 0.717) is 12.1 Å². The molecule has 2 aromatic carbocycles. The van der Waals surface area contributed by atoms with Crippen LogP contribution < -0.4 is 5.32 Å². The molecule has 0 bridgehead atoms. The number of hydrogen-bond donors (Lipinski definition) is 2. The van der Waals surface area contributed by atoms with Crippen molar-refractivity contribution < 1.29 is 0 Å². The molecule has 32 heavy (non-hydrogen) atoms. The second-order valence-electron chi connectivity index (χ2n) is 7.74. The molecule has 6 heteroatoms. The van der Waals surface area contributed by atoms with Crippen LogP contribution in [0, 0.1) is 11.3 Å². The topological polar surface area (TPSA) is 80.1 Å². The number of nitriles is 1. The van der Waals surface area contributed by atoms with E-state index in [9.17, 15) is 0 Å². The number of aliphatic imine (C=N–C) groups is 1. The summed E-state index contributed by atoms with van der Waals surface area (Å²) in [5, 5.41) is 21.3. The van der Waals surface area contributed by atoms with Crippen LogP contribution in [0.1, 0.15) is 35.2 Å². The predicted molar refractivity (Wildman–Crippen MR) is 130 cm³/mol. The molecule has 0 radical (unpaired) electrons. The zero-order chi connectivity index (χ0) is 22.5. The van der Waals surface area contributed by atoms with Crippen LogP contribution >= 0.6 is 0 Å². The Kier molecular flexibility index (Phi) is 6.18. The molecule has 2 heterocycles. The van der Waals surface area contributed by atoms with E-state index in [-0.39, 0.29) is 5.92 Å². The highest BCUT2D eigenvalue weighted by atomic mass is 15.3. The average Bonchev–Trinajstić information content (AvgIpc) is 3.21. The fourth-order valence-electron chi connectivity index (χ4n) is 3.93. The van der Waals surface area contributed by atoms with Crippen LogP contribution in [0.4, 0.5) is 5.69 Å². The van der Waals surface area contributed by atoms with Crippen molar-refractivity contribution in [3.63, 3.8) is 0 Å². The molecule has 3 aromatic rings. The van der Waals surface area contributed by atoms with Gasteiger partial charge >= 0.3 is 0 Å². The largest absolute Gasteiger partial charge is 0.350 e. The van der Waals surface area contributed by atoms with E-state index in [0.717, 1.165) is 40.2 Å². The third kappa shape index (κ3) is 4.33. The summed E-state index contributed by atoms with van der Waals surface area (Å²) < 4.78 is 0. The van der Waals surface area contributed by atoms with Gasteiger partial charge in [0.1, 0.15) is 0 Å². The van der Waals surface area contributed by atoms with Crippen molar-refractivity contribution in [3.8, 4) is 6.07 Å². The van der Waals surface area contributed by atoms with Crippen LogP contribution in [0.3, 0.4) is 0 Å². The van der Waals surface area contributed by atoms with Gasteiger partial charge in [0.05, 0.1) is 28.7 Å². The Labute approximate surface area is 188 Å². The van der Waals surface area contributed by atoms with E-state index in [2.05, 4.69) is 62.3 Å². The molecule has 160 valence electrons. The molecule has 1 aromatic heterocycles. The third-order valence-corrected chi connectivity index (χ3v) is 5.57. The lowest BCUT2D eigenvalue weighted by atomic mass is 9.98. The Morgan fingerprint density at radius 1 is 1.28 bits per heavy atom. The number of aromatic amines is 1. The molecule has 4 rings (SSSR count). The van der Waals surface area contributed by atoms with Crippen molar-refractivity contribution in [3.05, 3.63) is 95.5 Å². The SMILES string of the molecule is C=C1Nc2cc3n[nH]c(C(/C=C/C)/C=C/C=NC)c3cc2CN1Cc1ccc(C#N)cc1. The first-order chi connectivity index (χ1) is 15.6. The number of nitrogens with one attached hydrogen (secondary N) is 2. The van der Waals surface area contributed by atoms with Gasteiger partial charge in [0.2, 0.25) is 0 Å². The minimum atomic E-state index is 0.0855. The minimum absolute atomic E-state index is 0.0855. The Morgan fingerprint density at radius 2 is 2.09 bits per heavy atom. The average molecular weight is 423 g/mol. The third-order valence-electron chi connectivity index (χ3n) is 5.57. The first kappa shape index (κ1) is 21.1. The number of aromatic nitrogens is 2. The second-order valence-corrected chi connectivity index (χ2v) is 7.74. The van der Waals surface area contributed by atoms with Gasteiger partial charge in [0.15, 0.2) is 0 Å². The highest BCUT2D eigenvalue weighted by Gasteiger charge is 2.21. The van der Waals surface area contributed by atoms with Crippen molar-refractivity contribution in [1.82, 2.24) is 15.1 Å². The molecule has 1 aliphatic heterocycles. The molecular formula is C26H26N6. The Hall–Kier alpha value is -4.11. The van der Waals surface area contributed by atoms with Crippen molar-refractivity contribution in [2.24, 2.45) is 4.99 Å². The van der Waals surface area contributed by atoms with Crippen molar-refractivity contribution in [2.45, 2.75) is 25.9 Å². The van der Waals surface area contributed by atoms with Gasteiger partial charge in [-0.3, -0.25) is 10.1 Å². The maximum Gasteiger partial charge on any atom is 0.0991 e. The first-order valence-electron chi connectivity index (χ1n) is 10.6. The van der Waals surface area contributed by atoms with Gasteiger partial charge in [-0.05, 0) is 48.4 Å². The van der Waals surface area contributed by atoms with Crippen LogP contribution in [0.2, 0.25) is 0 Å². The molecule has 2 N–H and O–H groups in total. The standard InChI is InChI=1S/C26H26N6/c1-4-6-21(7-5-12-28-3)26-23-13-22-17-32(16-20-10-8-19(15-27)9-11-20)18(2)29-24(22)14-25(23)30-31-26/h4-14,21,29H,2,16-17H2,1,3H3,(H,30,31)/b6-4+,7-5+,28-12?. The number of rotatable bonds is 6. The predicted octanol–water partition coefficient (Wildman–Crippen LogP) is 5.25. The summed E-state index contributed by atoms with van der Waals surface area (Å²) in [4.78, 5) is 6.23. The smallest absolute Gasteiger partial charge is 0.0991 e. The summed E-state index contributed by atoms with van der Waals surface area (Å²) in [5.41, 5.74) is 6.01. The van der Waals surface area contributed by atoms with Crippen molar-refractivity contribution in [2.75, 3.05) is 12.4 Å². The minimum Gasteiger partial charge on any atom is -0.350 e. The van der Waals surface area contributed by atoms with Crippen LogP contribution in [-0.4, -0.2) is 28.4 Å². The van der Waals surface area contributed by atoms with Gasteiger partial charge in [-0.1, -0.05) is 36.9 Å². The zero-order valence-electron chi connectivity index (χ0n) is 18.3. The number of fused-ring (bicyclic) bond motifs is 2. The van der Waals surface area contributed by atoms with Crippen molar-refractivity contribution >= 4 is 22.8 Å². The van der Waals surface area contributed by atoms with Gasteiger partial charge in [-0.15, -0.1) is 0 Å². The molecule has 1 unspecified atom stereocenters. The van der Waals surface area contributed by atoms with Crippen LogP contribution in [-0.2, 0) is 13.1 Å².